The van der Waals surface area contributed by atoms with E-state index < -0.39 is 0 Å². The third-order valence-corrected chi connectivity index (χ3v) is 6.98. The lowest BCUT2D eigenvalue weighted by molar-refractivity contribution is 0.00992. The molecule has 0 saturated carbocycles. The molecule has 3 nitrogen and oxygen atoms in total. The van der Waals surface area contributed by atoms with Gasteiger partial charge in [-0.3, -0.25) is 0 Å². The topological polar surface area (TPSA) is 49.7 Å². The van der Waals surface area contributed by atoms with Crippen LogP contribution >= 0.6 is 0 Å². The fourth-order valence-electron chi connectivity index (χ4n) is 5.09. The van der Waals surface area contributed by atoms with Crippen molar-refractivity contribution in [2.45, 2.75) is 96.5 Å². The van der Waals surface area contributed by atoms with E-state index in [0.717, 1.165) is 41.7 Å². The zero-order valence-electron chi connectivity index (χ0n) is 18.3. The highest BCUT2D eigenvalue weighted by Gasteiger charge is 2.45. The second kappa shape index (κ2) is 8.10. The van der Waals surface area contributed by atoms with Gasteiger partial charge < -0.3 is 14.9 Å². The molecule has 2 aliphatic rings. The van der Waals surface area contributed by atoms with Gasteiger partial charge in [-0.2, -0.15) is 0 Å². The molecule has 0 spiro atoms. The van der Waals surface area contributed by atoms with Gasteiger partial charge in [-0.05, 0) is 61.8 Å². The van der Waals surface area contributed by atoms with Crippen LogP contribution in [0.25, 0.3) is 0 Å². The zero-order valence-corrected chi connectivity index (χ0v) is 18.3. The van der Waals surface area contributed by atoms with Gasteiger partial charge in [0.2, 0.25) is 0 Å². The highest BCUT2D eigenvalue weighted by atomic mass is 16.5. The van der Waals surface area contributed by atoms with Crippen molar-refractivity contribution >= 4 is 0 Å². The van der Waals surface area contributed by atoms with Gasteiger partial charge in [-0.1, -0.05) is 52.5 Å². The van der Waals surface area contributed by atoms with Crippen LogP contribution in [0.2, 0.25) is 0 Å². The summed E-state index contributed by atoms with van der Waals surface area (Å²) in [5.74, 6) is 1.58. The third kappa shape index (κ3) is 4.10. The Morgan fingerprint density at radius 3 is 2.61 bits per heavy atom. The Balaban J connectivity index is 1.96. The molecule has 1 aliphatic carbocycles. The molecule has 156 valence electrons. The Kier molecular flexibility index (Phi) is 6.14. The van der Waals surface area contributed by atoms with E-state index in [2.05, 4.69) is 46.8 Å². The van der Waals surface area contributed by atoms with Crippen molar-refractivity contribution in [3.63, 3.8) is 0 Å². The molecule has 28 heavy (non-hydrogen) atoms. The first-order chi connectivity index (χ1) is 13.2. The predicted molar refractivity (Wildman–Crippen MR) is 115 cm³/mol. The average Bonchev–Trinajstić information content (AvgIpc) is 2.63. The molecule has 1 aliphatic heterocycles. The second-order valence-corrected chi connectivity index (χ2v) is 9.96. The molecule has 2 atom stereocenters. The van der Waals surface area contributed by atoms with Crippen molar-refractivity contribution < 1.29 is 14.9 Å². The fourth-order valence-corrected chi connectivity index (χ4v) is 5.09. The van der Waals surface area contributed by atoms with Crippen LogP contribution in [0, 0.1) is 5.92 Å². The Bertz CT molecular complexity index is 730. The van der Waals surface area contributed by atoms with Gasteiger partial charge in [0.25, 0.3) is 0 Å². The lowest BCUT2D eigenvalue weighted by atomic mass is 9.67. The minimum Gasteiger partial charge on any atom is -0.507 e. The summed E-state index contributed by atoms with van der Waals surface area (Å²) >= 11 is 0. The molecule has 1 aromatic rings. The van der Waals surface area contributed by atoms with Gasteiger partial charge in [-0.25, -0.2) is 0 Å². The number of benzene rings is 1. The molecule has 0 amide bonds. The molecule has 2 unspecified atom stereocenters. The predicted octanol–water partition coefficient (Wildman–Crippen LogP) is 6.22. The maximum atomic E-state index is 11.0. The minimum absolute atomic E-state index is 0.00324. The summed E-state index contributed by atoms with van der Waals surface area (Å²) in [6, 6.07) is 4.12. The molecule has 0 bridgehead atoms. The van der Waals surface area contributed by atoms with E-state index in [0.29, 0.717) is 11.7 Å². The van der Waals surface area contributed by atoms with E-state index in [-0.39, 0.29) is 23.5 Å². The summed E-state index contributed by atoms with van der Waals surface area (Å²) in [6.07, 6.45) is 10.2. The van der Waals surface area contributed by atoms with E-state index in [9.17, 15) is 10.2 Å². The van der Waals surface area contributed by atoms with Crippen LogP contribution in [0.3, 0.4) is 0 Å². The SMILES string of the molecule is CCCCCCC(C)(C)c1cc(O)c2c(c1)OC(C)(C)C1CCC(CO)=CC21. The van der Waals surface area contributed by atoms with E-state index in [4.69, 9.17) is 4.74 Å². The monoisotopic (exact) mass is 386 g/mol. The summed E-state index contributed by atoms with van der Waals surface area (Å²) in [7, 11) is 0. The molecular formula is C25H38O3. The molecule has 2 N–H and O–H groups in total. The summed E-state index contributed by atoms with van der Waals surface area (Å²) < 4.78 is 6.47. The van der Waals surface area contributed by atoms with Crippen LogP contribution in [0.15, 0.2) is 23.8 Å². The Morgan fingerprint density at radius 1 is 1.18 bits per heavy atom. The summed E-state index contributed by atoms with van der Waals surface area (Å²) in [6.45, 7) is 11.2. The third-order valence-electron chi connectivity index (χ3n) is 6.98. The molecule has 3 heteroatoms. The van der Waals surface area contributed by atoms with Crippen LogP contribution < -0.4 is 4.74 Å². The quantitative estimate of drug-likeness (QED) is 0.432. The number of hydrogen-bond acceptors (Lipinski definition) is 3. The molecule has 3 rings (SSSR count). The number of aliphatic hydroxyl groups is 1. The minimum atomic E-state index is -0.286. The van der Waals surface area contributed by atoms with Crippen LogP contribution in [0.1, 0.15) is 96.6 Å². The zero-order chi connectivity index (χ0) is 20.5. The van der Waals surface area contributed by atoms with Gasteiger partial charge >= 0.3 is 0 Å². The van der Waals surface area contributed by atoms with Gasteiger partial charge in [0.05, 0.1) is 6.61 Å². The highest BCUT2D eigenvalue weighted by Crippen LogP contribution is 2.54. The molecule has 1 heterocycles. The molecule has 0 aromatic heterocycles. The number of aliphatic hydroxyl groups excluding tert-OH is 1. The fraction of sp³-hybridized carbons (Fsp3) is 0.680. The largest absolute Gasteiger partial charge is 0.507 e. The van der Waals surface area contributed by atoms with Gasteiger partial charge in [0, 0.05) is 17.4 Å². The number of fused-ring (bicyclic) bond motifs is 3. The number of rotatable bonds is 7. The van der Waals surface area contributed by atoms with Gasteiger partial charge in [0.1, 0.15) is 17.1 Å². The number of unbranched alkanes of at least 4 members (excludes halogenated alkanes) is 3. The Morgan fingerprint density at radius 2 is 1.93 bits per heavy atom. The molecule has 1 aromatic carbocycles. The normalized spacial score (nSPS) is 23.4. The molecular weight excluding hydrogens is 348 g/mol. The van der Waals surface area contributed by atoms with Crippen molar-refractivity contribution in [2.75, 3.05) is 6.61 Å². The van der Waals surface area contributed by atoms with E-state index in [1.165, 1.54) is 25.7 Å². The standard InChI is InChI=1S/C25H38O3/c1-6-7-8-9-12-24(2,3)18-14-21(27)23-19-13-17(16-26)10-11-20(19)25(4,5)28-22(23)15-18/h13-15,19-20,26-27H,6-12,16H2,1-5H3. The van der Waals surface area contributed by atoms with Crippen molar-refractivity contribution in [2.24, 2.45) is 5.92 Å². The number of phenolic OH excluding ortho intramolecular Hbond substituents is 1. The second-order valence-electron chi connectivity index (χ2n) is 9.96. The van der Waals surface area contributed by atoms with Crippen molar-refractivity contribution in [3.05, 3.63) is 34.9 Å². The number of phenols is 1. The van der Waals surface area contributed by atoms with Gasteiger partial charge in [0.15, 0.2) is 0 Å². The number of aromatic hydroxyl groups is 1. The lowest BCUT2D eigenvalue weighted by Gasteiger charge is -2.47. The van der Waals surface area contributed by atoms with Crippen LogP contribution in [0.5, 0.6) is 11.5 Å². The molecule has 0 fully saturated rings. The molecule has 0 saturated heterocycles. The van der Waals surface area contributed by atoms with Crippen molar-refractivity contribution in [1.82, 2.24) is 0 Å². The maximum Gasteiger partial charge on any atom is 0.127 e. The van der Waals surface area contributed by atoms with E-state index in [1.807, 2.05) is 6.07 Å². The smallest absolute Gasteiger partial charge is 0.127 e. The van der Waals surface area contributed by atoms with E-state index in [1.54, 1.807) is 0 Å². The number of ether oxygens (including phenoxy) is 1. The maximum absolute atomic E-state index is 11.0. The van der Waals surface area contributed by atoms with Gasteiger partial charge in [-0.15, -0.1) is 0 Å². The van der Waals surface area contributed by atoms with E-state index >= 15 is 0 Å². The van der Waals surface area contributed by atoms with Crippen LogP contribution in [-0.4, -0.2) is 22.4 Å². The first-order valence-electron chi connectivity index (χ1n) is 11.1. The Labute approximate surface area is 170 Å². The summed E-state index contributed by atoms with van der Waals surface area (Å²) in [5.41, 5.74) is 2.84. The highest BCUT2D eigenvalue weighted by molar-refractivity contribution is 5.55. The first-order valence-corrected chi connectivity index (χ1v) is 11.1. The van der Waals surface area contributed by atoms with Crippen molar-refractivity contribution in [3.8, 4) is 11.5 Å². The number of allylic oxidation sites excluding steroid dienone is 1. The first kappa shape index (κ1) is 21.2. The lowest BCUT2D eigenvalue weighted by Crippen LogP contribution is -2.45. The molecule has 0 radical (unpaired) electrons. The average molecular weight is 387 g/mol. The van der Waals surface area contributed by atoms with Crippen molar-refractivity contribution in [1.29, 1.82) is 0 Å². The summed E-state index contributed by atoms with van der Waals surface area (Å²) in [5, 5.41) is 20.6. The number of hydrogen-bond donors (Lipinski definition) is 2. The summed E-state index contributed by atoms with van der Waals surface area (Å²) in [4.78, 5) is 0. The van der Waals surface area contributed by atoms with Crippen LogP contribution in [-0.2, 0) is 5.41 Å². The van der Waals surface area contributed by atoms with Crippen LogP contribution in [0.4, 0.5) is 0 Å². The Hall–Kier alpha value is -1.48.